The SMILES string of the molecule is CNCc1cc(S(=O)(=O)NCC(F)F)cn1C1CC1. The standard InChI is InChI=1S/C11H17F2N3O2S/c1-14-5-9-4-10(7-16(9)8-2-3-8)19(17,18)15-6-11(12)13/h4,7-8,11,14-15H,2-3,5-6H2,1H3. The molecule has 2 rings (SSSR count). The molecule has 0 atom stereocenters. The smallest absolute Gasteiger partial charge is 0.251 e. The Hall–Kier alpha value is -0.990. The fourth-order valence-corrected chi connectivity index (χ4v) is 2.97. The van der Waals surface area contributed by atoms with Gasteiger partial charge in [0.2, 0.25) is 10.0 Å². The number of hydrogen-bond donors (Lipinski definition) is 2. The van der Waals surface area contributed by atoms with Gasteiger partial charge in [-0.25, -0.2) is 21.9 Å². The van der Waals surface area contributed by atoms with Crippen molar-refractivity contribution in [1.29, 1.82) is 0 Å². The number of sulfonamides is 1. The van der Waals surface area contributed by atoms with E-state index in [4.69, 9.17) is 0 Å². The summed E-state index contributed by atoms with van der Waals surface area (Å²) in [6.45, 7) is -0.320. The molecule has 19 heavy (non-hydrogen) atoms. The first-order valence-corrected chi connectivity index (χ1v) is 7.55. The summed E-state index contributed by atoms with van der Waals surface area (Å²) in [5.74, 6) is 0. The van der Waals surface area contributed by atoms with Crippen molar-refractivity contribution in [3.05, 3.63) is 18.0 Å². The Bertz CT molecular complexity index is 538. The van der Waals surface area contributed by atoms with Crippen LogP contribution in [0.3, 0.4) is 0 Å². The first-order chi connectivity index (χ1) is 8.94. The van der Waals surface area contributed by atoms with Gasteiger partial charge in [-0.15, -0.1) is 0 Å². The zero-order valence-corrected chi connectivity index (χ0v) is 11.4. The van der Waals surface area contributed by atoms with E-state index in [2.05, 4.69) is 5.32 Å². The Morgan fingerprint density at radius 2 is 2.16 bits per heavy atom. The second-order valence-electron chi connectivity index (χ2n) is 4.58. The number of rotatable bonds is 7. The van der Waals surface area contributed by atoms with Crippen LogP contribution in [0.1, 0.15) is 24.6 Å². The van der Waals surface area contributed by atoms with Gasteiger partial charge in [0.1, 0.15) is 0 Å². The van der Waals surface area contributed by atoms with Crippen LogP contribution in [0, 0.1) is 0 Å². The third-order valence-corrected chi connectivity index (χ3v) is 4.33. The normalized spacial score (nSPS) is 16.2. The topological polar surface area (TPSA) is 63.1 Å². The van der Waals surface area contributed by atoms with Crippen molar-refractivity contribution in [2.45, 2.75) is 36.7 Å². The second kappa shape index (κ2) is 5.56. The molecule has 108 valence electrons. The van der Waals surface area contributed by atoms with Crippen LogP contribution in [0.25, 0.3) is 0 Å². The summed E-state index contributed by atoms with van der Waals surface area (Å²) in [5, 5.41) is 2.97. The lowest BCUT2D eigenvalue weighted by molar-refractivity contribution is 0.153. The summed E-state index contributed by atoms with van der Waals surface area (Å²) in [6, 6.07) is 1.87. The first kappa shape index (κ1) is 14.4. The minimum absolute atomic E-state index is 0.0466. The fraction of sp³-hybridized carbons (Fsp3) is 0.636. The molecule has 0 bridgehead atoms. The molecule has 5 nitrogen and oxygen atoms in total. The maximum atomic E-state index is 12.1. The molecule has 1 aromatic heterocycles. The molecular formula is C11H17F2N3O2S. The van der Waals surface area contributed by atoms with E-state index in [9.17, 15) is 17.2 Å². The number of nitrogens with one attached hydrogen (secondary N) is 2. The lowest BCUT2D eigenvalue weighted by Crippen LogP contribution is -2.28. The highest BCUT2D eigenvalue weighted by Gasteiger charge is 2.28. The zero-order valence-electron chi connectivity index (χ0n) is 10.6. The Morgan fingerprint density at radius 1 is 1.47 bits per heavy atom. The van der Waals surface area contributed by atoms with Crippen molar-refractivity contribution in [3.8, 4) is 0 Å². The molecule has 0 aromatic carbocycles. The maximum absolute atomic E-state index is 12.1. The van der Waals surface area contributed by atoms with E-state index >= 15 is 0 Å². The van der Waals surface area contributed by atoms with Gasteiger partial charge in [0.25, 0.3) is 6.43 Å². The summed E-state index contributed by atoms with van der Waals surface area (Å²) < 4.78 is 51.7. The van der Waals surface area contributed by atoms with Gasteiger partial charge in [0.15, 0.2) is 0 Å². The Kier molecular flexibility index (Phi) is 4.22. The molecule has 0 unspecified atom stereocenters. The molecule has 0 amide bonds. The van der Waals surface area contributed by atoms with Crippen LogP contribution in [0.5, 0.6) is 0 Å². The van der Waals surface area contributed by atoms with Gasteiger partial charge in [0.05, 0.1) is 11.4 Å². The molecule has 1 heterocycles. The fourth-order valence-electron chi connectivity index (χ4n) is 1.92. The van der Waals surface area contributed by atoms with Crippen molar-refractivity contribution >= 4 is 10.0 Å². The minimum Gasteiger partial charge on any atom is -0.346 e. The van der Waals surface area contributed by atoms with Crippen LogP contribution in [-0.2, 0) is 16.6 Å². The maximum Gasteiger partial charge on any atom is 0.251 e. The Balaban J connectivity index is 2.21. The lowest BCUT2D eigenvalue weighted by atomic mass is 10.4. The monoisotopic (exact) mass is 293 g/mol. The van der Waals surface area contributed by atoms with E-state index in [1.165, 1.54) is 12.3 Å². The number of aromatic nitrogens is 1. The second-order valence-corrected chi connectivity index (χ2v) is 6.35. The van der Waals surface area contributed by atoms with E-state index in [1.807, 2.05) is 9.29 Å². The van der Waals surface area contributed by atoms with Gasteiger partial charge in [-0.2, -0.15) is 0 Å². The van der Waals surface area contributed by atoms with Gasteiger partial charge in [-0.1, -0.05) is 0 Å². The van der Waals surface area contributed by atoms with Gasteiger partial charge in [-0.3, -0.25) is 0 Å². The van der Waals surface area contributed by atoms with Gasteiger partial charge >= 0.3 is 0 Å². The Morgan fingerprint density at radius 3 is 2.68 bits per heavy atom. The number of hydrogen-bond acceptors (Lipinski definition) is 3. The summed E-state index contributed by atoms with van der Waals surface area (Å²) in [5.41, 5.74) is 0.849. The molecule has 2 N–H and O–H groups in total. The van der Waals surface area contributed by atoms with Crippen molar-refractivity contribution < 1.29 is 17.2 Å². The van der Waals surface area contributed by atoms with Gasteiger partial charge in [-0.05, 0) is 26.0 Å². The van der Waals surface area contributed by atoms with E-state index < -0.39 is 23.0 Å². The zero-order chi connectivity index (χ0) is 14.0. The highest BCUT2D eigenvalue weighted by molar-refractivity contribution is 7.89. The summed E-state index contributed by atoms with van der Waals surface area (Å²) >= 11 is 0. The number of alkyl halides is 2. The van der Waals surface area contributed by atoms with Crippen LogP contribution >= 0.6 is 0 Å². The predicted octanol–water partition coefficient (Wildman–Crippen LogP) is 1.09. The van der Waals surface area contributed by atoms with Crippen LogP contribution in [-0.4, -0.2) is 33.0 Å². The quantitative estimate of drug-likeness (QED) is 0.791. The molecule has 0 saturated heterocycles. The van der Waals surface area contributed by atoms with Crippen LogP contribution in [0.15, 0.2) is 17.2 Å². The largest absolute Gasteiger partial charge is 0.346 e. The molecule has 1 aliphatic rings. The Labute approximate surface area is 111 Å². The van der Waals surface area contributed by atoms with Gasteiger partial charge < -0.3 is 9.88 Å². The third-order valence-electron chi connectivity index (χ3n) is 2.94. The lowest BCUT2D eigenvalue weighted by Gasteiger charge is -2.05. The molecule has 1 aromatic rings. The van der Waals surface area contributed by atoms with Crippen LogP contribution < -0.4 is 10.0 Å². The molecule has 8 heteroatoms. The number of nitrogens with zero attached hydrogens (tertiary/aromatic N) is 1. The summed E-state index contributed by atoms with van der Waals surface area (Å²) in [6.07, 6.45) is 0.875. The first-order valence-electron chi connectivity index (χ1n) is 6.07. The highest BCUT2D eigenvalue weighted by atomic mass is 32.2. The van der Waals surface area contributed by atoms with E-state index in [0.29, 0.717) is 12.6 Å². The van der Waals surface area contributed by atoms with Crippen molar-refractivity contribution in [2.24, 2.45) is 0 Å². The third kappa shape index (κ3) is 3.52. The van der Waals surface area contributed by atoms with Crippen molar-refractivity contribution in [2.75, 3.05) is 13.6 Å². The summed E-state index contributed by atoms with van der Waals surface area (Å²) in [4.78, 5) is 0.0466. The summed E-state index contributed by atoms with van der Waals surface area (Å²) in [7, 11) is -2.09. The number of halogens is 2. The van der Waals surface area contributed by atoms with E-state index in [-0.39, 0.29) is 4.90 Å². The van der Waals surface area contributed by atoms with Crippen molar-refractivity contribution in [3.63, 3.8) is 0 Å². The molecule has 1 saturated carbocycles. The van der Waals surface area contributed by atoms with E-state index in [0.717, 1.165) is 18.5 Å². The minimum atomic E-state index is -3.86. The van der Waals surface area contributed by atoms with Gasteiger partial charge in [0, 0.05) is 24.5 Å². The molecule has 0 radical (unpaired) electrons. The average Bonchev–Trinajstić information content (AvgIpc) is 3.09. The average molecular weight is 293 g/mol. The van der Waals surface area contributed by atoms with Crippen LogP contribution in [0.2, 0.25) is 0 Å². The molecule has 1 fully saturated rings. The molecule has 0 aliphatic heterocycles. The molecule has 0 spiro atoms. The predicted molar refractivity (Wildman–Crippen MR) is 66.7 cm³/mol. The highest BCUT2D eigenvalue weighted by Crippen LogP contribution is 2.37. The van der Waals surface area contributed by atoms with Crippen LogP contribution in [0.4, 0.5) is 8.78 Å². The van der Waals surface area contributed by atoms with E-state index in [1.54, 1.807) is 7.05 Å². The molecule has 1 aliphatic carbocycles. The van der Waals surface area contributed by atoms with Crippen molar-refractivity contribution in [1.82, 2.24) is 14.6 Å². The molecular weight excluding hydrogens is 276 g/mol.